The predicted molar refractivity (Wildman–Crippen MR) is 139 cm³/mol. The molecule has 0 saturated carbocycles. The molecule has 1 aliphatic rings. The van der Waals surface area contributed by atoms with Crippen molar-refractivity contribution in [3.8, 4) is 0 Å². The Balaban J connectivity index is 1.61. The van der Waals surface area contributed by atoms with Crippen molar-refractivity contribution in [2.75, 3.05) is 46.4 Å². The molecule has 192 valence electrons. The minimum Gasteiger partial charge on any atom is -0.450 e. The zero-order chi connectivity index (χ0) is 25.3. The second-order valence-corrected chi connectivity index (χ2v) is 11.1. The highest BCUT2D eigenvalue weighted by Crippen LogP contribution is 2.25. The molecule has 1 saturated heterocycles. The number of hydrogen-bond acceptors (Lipinski definition) is 5. The summed E-state index contributed by atoms with van der Waals surface area (Å²) < 4.78 is 32.9. The molecule has 0 N–H and O–H groups in total. The first-order valence-corrected chi connectivity index (χ1v) is 14.0. The van der Waals surface area contributed by atoms with E-state index < -0.39 is 10.0 Å². The van der Waals surface area contributed by atoms with Gasteiger partial charge in [-0.1, -0.05) is 48.5 Å². The lowest BCUT2D eigenvalue weighted by Crippen LogP contribution is -2.47. The molecule has 1 aliphatic heterocycles. The number of rotatable bonds is 11. The van der Waals surface area contributed by atoms with Crippen LogP contribution in [0.2, 0.25) is 0 Å². The fourth-order valence-corrected chi connectivity index (χ4v) is 6.04. The number of carbonyl (C=O) groups excluding carboxylic acids is 1. The molecule has 1 unspecified atom stereocenters. The minimum atomic E-state index is -3.55. The van der Waals surface area contributed by atoms with Crippen molar-refractivity contribution in [1.82, 2.24) is 14.1 Å². The maximum absolute atomic E-state index is 13.1. The van der Waals surface area contributed by atoms with Gasteiger partial charge in [-0.25, -0.2) is 17.5 Å². The highest BCUT2D eigenvalue weighted by Gasteiger charge is 2.29. The normalized spacial score (nSPS) is 16.2. The second kappa shape index (κ2) is 13.0. The molecule has 0 aromatic heterocycles. The van der Waals surface area contributed by atoms with E-state index in [0.717, 1.165) is 44.5 Å². The van der Waals surface area contributed by atoms with Gasteiger partial charge >= 0.3 is 6.09 Å². The monoisotopic (exact) mass is 501 g/mol. The molecule has 1 heterocycles. The van der Waals surface area contributed by atoms with Crippen molar-refractivity contribution in [1.29, 1.82) is 0 Å². The molecule has 1 atom stereocenters. The van der Waals surface area contributed by atoms with Crippen LogP contribution in [0.3, 0.4) is 0 Å². The highest BCUT2D eigenvalue weighted by atomic mass is 32.2. The van der Waals surface area contributed by atoms with Crippen LogP contribution in [0.15, 0.2) is 65.6 Å². The number of amides is 1. The van der Waals surface area contributed by atoms with Gasteiger partial charge in [0.25, 0.3) is 0 Å². The van der Waals surface area contributed by atoms with Crippen LogP contribution in [0, 0.1) is 0 Å². The van der Waals surface area contributed by atoms with E-state index >= 15 is 0 Å². The van der Waals surface area contributed by atoms with Crippen LogP contribution in [0.5, 0.6) is 0 Å². The van der Waals surface area contributed by atoms with Crippen molar-refractivity contribution >= 4 is 16.1 Å². The van der Waals surface area contributed by atoms with Gasteiger partial charge in [-0.2, -0.15) is 0 Å². The van der Waals surface area contributed by atoms with E-state index in [1.165, 1.54) is 4.31 Å². The number of likely N-dealkylation sites (N-methyl/N-ethyl adjacent to an activating group) is 1. The number of carbonyl (C=O) groups is 1. The third-order valence-corrected chi connectivity index (χ3v) is 8.67. The average Bonchev–Trinajstić information content (AvgIpc) is 2.88. The quantitative estimate of drug-likeness (QED) is 0.456. The van der Waals surface area contributed by atoms with E-state index in [0.29, 0.717) is 24.6 Å². The zero-order valence-corrected chi connectivity index (χ0v) is 22.0. The Morgan fingerprint density at radius 3 is 2.20 bits per heavy atom. The molecule has 35 heavy (non-hydrogen) atoms. The van der Waals surface area contributed by atoms with E-state index in [9.17, 15) is 13.2 Å². The van der Waals surface area contributed by atoms with Crippen molar-refractivity contribution in [3.05, 3.63) is 66.2 Å². The summed E-state index contributed by atoms with van der Waals surface area (Å²) in [5.41, 5.74) is 1.15. The van der Waals surface area contributed by atoms with Crippen LogP contribution in [-0.2, 0) is 14.8 Å². The van der Waals surface area contributed by atoms with Crippen LogP contribution in [0.25, 0.3) is 0 Å². The first-order valence-electron chi connectivity index (χ1n) is 12.6. The smallest absolute Gasteiger partial charge is 0.409 e. The Kier molecular flexibility index (Phi) is 10.1. The number of ether oxygens (including phenoxy) is 1. The van der Waals surface area contributed by atoms with Gasteiger partial charge in [0, 0.05) is 39.3 Å². The summed E-state index contributed by atoms with van der Waals surface area (Å²) in [6, 6.07) is 19.0. The third kappa shape index (κ3) is 7.29. The lowest BCUT2D eigenvalue weighted by Gasteiger charge is -2.38. The van der Waals surface area contributed by atoms with E-state index in [1.54, 1.807) is 31.3 Å². The first-order chi connectivity index (χ1) is 16.9. The van der Waals surface area contributed by atoms with Gasteiger partial charge in [0.1, 0.15) is 0 Å². The molecule has 1 fully saturated rings. The maximum atomic E-state index is 13.1. The fraction of sp³-hybridized carbons (Fsp3) is 0.519. The van der Waals surface area contributed by atoms with Gasteiger partial charge < -0.3 is 14.5 Å². The Morgan fingerprint density at radius 2 is 1.63 bits per heavy atom. The molecule has 1 amide bonds. The van der Waals surface area contributed by atoms with E-state index in [4.69, 9.17) is 4.74 Å². The molecule has 0 spiro atoms. The Hall–Kier alpha value is -2.42. The van der Waals surface area contributed by atoms with Gasteiger partial charge in [-0.3, -0.25) is 0 Å². The topological polar surface area (TPSA) is 70.2 Å². The number of benzene rings is 2. The maximum Gasteiger partial charge on any atom is 0.409 e. The molecule has 3 rings (SSSR count). The van der Waals surface area contributed by atoms with Crippen molar-refractivity contribution in [2.24, 2.45) is 0 Å². The molecule has 0 aliphatic carbocycles. The highest BCUT2D eigenvalue weighted by molar-refractivity contribution is 7.89. The third-order valence-electron chi connectivity index (χ3n) is 6.83. The molecule has 8 heteroatoms. The van der Waals surface area contributed by atoms with E-state index in [-0.39, 0.29) is 18.1 Å². The summed E-state index contributed by atoms with van der Waals surface area (Å²) in [5, 5.41) is 0. The lowest BCUT2D eigenvalue weighted by molar-refractivity contribution is 0.0699. The standard InChI is InChI=1S/C27H39N3O4S/c1-4-30(27(31)34-5-2)25-17-20-29(21-18-25)19-16-24(23-12-8-6-9-13-23)22-28(3)35(32,33)26-14-10-7-11-15-26/h6-15,24-25H,4-5,16-22H2,1-3H3. The van der Waals surface area contributed by atoms with Gasteiger partial charge in [-0.15, -0.1) is 0 Å². The van der Waals surface area contributed by atoms with Gasteiger partial charge in [0.05, 0.1) is 11.5 Å². The van der Waals surface area contributed by atoms with Crippen LogP contribution >= 0.6 is 0 Å². The zero-order valence-electron chi connectivity index (χ0n) is 21.2. The van der Waals surface area contributed by atoms with E-state index in [1.807, 2.05) is 43.0 Å². The predicted octanol–water partition coefficient (Wildman–Crippen LogP) is 4.42. The molecule has 0 bridgehead atoms. The largest absolute Gasteiger partial charge is 0.450 e. The van der Waals surface area contributed by atoms with Crippen molar-refractivity contribution < 1.29 is 17.9 Å². The number of piperidine rings is 1. The molecule has 2 aromatic carbocycles. The molecular formula is C27H39N3O4S. The van der Waals surface area contributed by atoms with Crippen LogP contribution < -0.4 is 0 Å². The van der Waals surface area contributed by atoms with Crippen molar-refractivity contribution in [3.63, 3.8) is 0 Å². The Labute approximate surface area is 210 Å². The van der Waals surface area contributed by atoms with Crippen LogP contribution in [0.4, 0.5) is 4.79 Å². The van der Waals surface area contributed by atoms with Crippen molar-refractivity contribution in [2.45, 2.75) is 50.0 Å². The number of hydrogen-bond donors (Lipinski definition) is 0. The summed E-state index contributed by atoms with van der Waals surface area (Å²) in [4.78, 5) is 16.8. The van der Waals surface area contributed by atoms with Crippen LogP contribution in [0.1, 0.15) is 44.6 Å². The summed E-state index contributed by atoms with van der Waals surface area (Å²) in [6.45, 7) is 8.01. The average molecular weight is 502 g/mol. The molecule has 0 radical (unpaired) electrons. The SMILES string of the molecule is CCOC(=O)N(CC)C1CCN(CCC(CN(C)S(=O)(=O)c2ccccc2)c2ccccc2)CC1. The summed E-state index contributed by atoms with van der Waals surface area (Å²) in [5.74, 6) is 0.0871. The summed E-state index contributed by atoms with van der Waals surface area (Å²) in [7, 11) is -1.88. The first kappa shape index (κ1) is 27.2. The van der Waals surface area contributed by atoms with Gasteiger partial charge in [0.2, 0.25) is 10.0 Å². The Morgan fingerprint density at radius 1 is 1.03 bits per heavy atom. The summed E-state index contributed by atoms with van der Waals surface area (Å²) in [6.07, 6.45) is 2.48. The van der Waals surface area contributed by atoms with Gasteiger partial charge in [0.15, 0.2) is 0 Å². The molecule has 7 nitrogen and oxygen atoms in total. The number of sulfonamides is 1. The van der Waals surface area contributed by atoms with E-state index in [2.05, 4.69) is 17.0 Å². The second-order valence-electron chi connectivity index (χ2n) is 9.05. The lowest BCUT2D eigenvalue weighted by atomic mass is 9.94. The van der Waals surface area contributed by atoms with Gasteiger partial charge in [-0.05, 0) is 63.3 Å². The van der Waals surface area contributed by atoms with Crippen LogP contribution in [-0.4, -0.2) is 81.0 Å². The molecular weight excluding hydrogens is 462 g/mol. The number of nitrogens with zero attached hydrogens (tertiary/aromatic N) is 3. The summed E-state index contributed by atoms with van der Waals surface area (Å²) >= 11 is 0. The molecule has 2 aromatic rings. The minimum absolute atomic E-state index is 0.0871. The number of likely N-dealkylation sites (tertiary alicyclic amines) is 1. The fourth-order valence-electron chi connectivity index (χ4n) is 4.81. The Bertz CT molecular complexity index is 1010.